The average molecular weight is 339 g/mol. The second-order valence-electron chi connectivity index (χ2n) is 4.91. The lowest BCUT2D eigenvalue weighted by atomic mass is 9.91. The number of hydrogen-bond acceptors (Lipinski definition) is 3. The van der Waals surface area contributed by atoms with Crippen molar-refractivity contribution in [2.75, 3.05) is 6.54 Å². The summed E-state index contributed by atoms with van der Waals surface area (Å²) < 4.78 is 0.725. The molecule has 5 heteroatoms. The van der Waals surface area contributed by atoms with Crippen molar-refractivity contribution in [3.63, 3.8) is 0 Å². The van der Waals surface area contributed by atoms with Crippen LogP contribution in [0, 0.1) is 0 Å². The Morgan fingerprint density at radius 3 is 2.79 bits per heavy atom. The van der Waals surface area contributed by atoms with Gasteiger partial charge in [0.15, 0.2) is 0 Å². The molecule has 0 aliphatic heterocycles. The van der Waals surface area contributed by atoms with E-state index in [9.17, 15) is 4.79 Å². The maximum absolute atomic E-state index is 12.0. The molecule has 1 N–H and O–H groups in total. The van der Waals surface area contributed by atoms with Crippen LogP contribution < -0.4 is 5.32 Å². The third-order valence-corrected chi connectivity index (χ3v) is 4.57. The van der Waals surface area contributed by atoms with E-state index in [0.717, 1.165) is 4.60 Å². The van der Waals surface area contributed by atoms with Crippen LogP contribution in [0.15, 0.2) is 40.4 Å². The fourth-order valence-corrected chi connectivity index (χ4v) is 2.75. The summed E-state index contributed by atoms with van der Waals surface area (Å²) >= 11 is 4.96. The number of amides is 1. The molecule has 0 unspecified atom stereocenters. The third kappa shape index (κ3) is 3.64. The Morgan fingerprint density at radius 2 is 2.21 bits per heavy atom. The van der Waals surface area contributed by atoms with Gasteiger partial charge in [0.1, 0.15) is 4.60 Å². The number of nitrogens with one attached hydrogen (secondary N) is 1. The quantitative estimate of drug-likeness (QED) is 0.865. The first-order valence-corrected chi connectivity index (χ1v) is 7.60. The number of hydrogen-bond donors (Lipinski definition) is 1. The van der Waals surface area contributed by atoms with E-state index in [0.29, 0.717) is 12.1 Å². The number of halogens is 1. The Hall–Kier alpha value is -1.20. The highest BCUT2D eigenvalue weighted by Crippen LogP contribution is 2.26. The van der Waals surface area contributed by atoms with E-state index < -0.39 is 0 Å². The number of pyridine rings is 1. The summed E-state index contributed by atoms with van der Waals surface area (Å²) in [6.45, 7) is 4.85. The zero-order chi connectivity index (χ0) is 13.9. The summed E-state index contributed by atoms with van der Waals surface area (Å²) in [5.41, 5.74) is 0.511. The Kier molecular flexibility index (Phi) is 4.37. The van der Waals surface area contributed by atoms with Gasteiger partial charge in [0, 0.05) is 23.0 Å². The molecule has 19 heavy (non-hydrogen) atoms. The molecular weight excluding hydrogens is 324 g/mol. The molecule has 0 fully saturated rings. The van der Waals surface area contributed by atoms with Crippen LogP contribution >= 0.6 is 27.3 Å². The molecule has 2 heterocycles. The van der Waals surface area contributed by atoms with E-state index in [1.54, 1.807) is 29.7 Å². The lowest BCUT2D eigenvalue weighted by Gasteiger charge is -2.23. The average Bonchev–Trinajstić information content (AvgIpc) is 2.91. The van der Waals surface area contributed by atoms with Gasteiger partial charge in [-0.25, -0.2) is 4.98 Å². The van der Waals surface area contributed by atoms with Crippen LogP contribution in [0.2, 0.25) is 0 Å². The smallest absolute Gasteiger partial charge is 0.252 e. The van der Waals surface area contributed by atoms with Crippen molar-refractivity contribution in [3.8, 4) is 0 Å². The van der Waals surface area contributed by atoms with Crippen LogP contribution in [0.25, 0.3) is 0 Å². The first-order chi connectivity index (χ1) is 8.99. The molecule has 0 aliphatic rings. The van der Waals surface area contributed by atoms with E-state index in [4.69, 9.17) is 0 Å². The van der Waals surface area contributed by atoms with Crippen molar-refractivity contribution >= 4 is 33.2 Å². The van der Waals surface area contributed by atoms with Gasteiger partial charge in [-0.15, -0.1) is 11.3 Å². The summed E-state index contributed by atoms with van der Waals surface area (Å²) in [6.07, 6.45) is 1.57. The number of carbonyl (C=O) groups excluding carboxylic acids is 1. The van der Waals surface area contributed by atoms with Crippen LogP contribution in [0.5, 0.6) is 0 Å². The fraction of sp³-hybridized carbons (Fsp3) is 0.286. The monoisotopic (exact) mass is 338 g/mol. The Bertz CT molecular complexity index is 549. The molecule has 0 aromatic carbocycles. The van der Waals surface area contributed by atoms with Crippen LogP contribution in [-0.2, 0) is 5.41 Å². The standard InChI is InChI=1S/C14H15BrN2OS/c1-14(2,11-4-3-7-19-11)9-17-13(18)10-5-6-12(15)16-8-10/h3-8H,9H2,1-2H3,(H,17,18). The molecule has 2 aromatic rings. The van der Waals surface area contributed by atoms with E-state index in [1.165, 1.54) is 4.88 Å². The molecule has 1 amide bonds. The van der Waals surface area contributed by atoms with Crippen molar-refractivity contribution in [2.24, 2.45) is 0 Å². The van der Waals surface area contributed by atoms with Crippen LogP contribution in [0.4, 0.5) is 0 Å². The van der Waals surface area contributed by atoms with E-state index >= 15 is 0 Å². The van der Waals surface area contributed by atoms with Crippen molar-refractivity contribution in [1.82, 2.24) is 10.3 Å². The van der Waals surface area contributed by atoms with Crippen molar-refractivity contribution in [1.29, 1.82) is 0 Å². The predicted octanol–water partition coefficient (Wildman–Crippen LogP) is 3.61. The third-order valence-electron chi connectivity index (χ3n) is 2.87. The molecular formula is C14H15BrN2OS. The molecule has 0 saturated heterocycles. The van der Waals surface area contributed by atoms with Crippen molar-refractivity contribution in [2.45, 2.75) is 19.3 Å². The van der Waals surface area contributed by atoms with Gasteiger partial charge in [-0.3, -0.25) is 4.79 Å². The first kappa shape index (κ1) is 14.2. The Labute approximate surface area is 125 Å². The molecule has 0 saturated carbocycles. The van der Waals surface area contributed by atoms with Crippen LogP contribution in [0.3, 0.4) is 0 Å². The molecule has 0 radical (unpaired) electrons. The largest absolute Gasteiger partial charge is 0.351 e. The van der Waals surface area contributed by atoms with Crippen LogP contribution in [-0.4, -0.2) is 17.4 Å². The van der Waals surface area contributed by atoms with Gasteiger partial charge in [0.2, 0.25) is 0 Å². The Morgan fingerprint density at radius 1 is 1.42 bits per heavy atom. The number of rotatable bonds is 4. The highest BCUT2D eigenvalue weighted by atomic mass is 79.9. The second-order valence-corrected chi connectivity index (χ2v) is 6.67. The number of aromatic nitrogens is 1. The van der Waals surface area contributed by atoms with Crippen molar-refractivity contribution < 1.29 is 4.79 Å². The molecule has 0 atom stereocenters. The normalized spacial score (nSPS) is 11.3. The SMILES string of the molecule is CC(C)(CNC(=O)c1ccc(Br)nc1)c1cccs1. The van der Waals surface area contributed by atoms with Gasteiger partial charge in [-0.05, 0) is 39.5 Å². The number of nitrogens with zero attached hydrogens (tertiary/aromatic N) is 1. The minimum Gasteiger partial charge on any atom is -0.351 e. The summed E-state index contributed by atoms with van der Waals surface area (Å²) in [6, 6.07) is 7.64. The van der Waals surface area contributed by atoms with E-state index in [1.807, 2.05) is 6.07 Å². The molecule has 0 bridgehead atoms. The zero-order valence-electron chi connectivity index (χ0n) is 10.8. The summed E-state index contributed by atoms with van der Waals surface area (Å²) in [5, 5.41) is 5.01. The summed E-state index contributed by atoms with van der Waals surface area (Å²) in [4.78, 5) is 17.3. The Balaban J connectivity index is 1.99. The van der Waals surface area contributed by atoms with Gasteiger partial charge in [0.25, 0.3) is 5.91 Å². The van der Waals surface area contributed by atoms with Gasteiger partial charge >= 0.3 is 0 Å². The van der Waals surface area contributed by atoms with Gasteiger partial charge < -0.3 is 5.32 Å². The van der Waals surface area contributed by atoms with Gasteiger partial charge in [-0.2, -0.15) is 0 Å². The molecule has 0 spiro atoms. The lowest BCUT2D eigenvalue weighted by Crippen LogP contribution is -2.36. The van der Waals surface area contributed by atoms with Crippen molar-refractivity contribution in [3.05, 3.63) is 50.9 Å². The zero-order valence-corrected chi connectivity index (χ0v) is 13.2. The molecule has 2 rings (SSSR count). The number of carbonyl (C=O) groups is 1. The maximum Gasteiger partial charge on any atom is 0.252 e. The molecule has 2 aromatic heterocycles. The summed E-state index contributed by atoms with van der Waals surface area (Å²) in [5.74, 6) is -0.0929. The fourth-order valence-electron chi connectivity index (χ4n) is 1.66. The maximum atomic E-state index is 12.0. The van der Waals surface area contributed by atoms with E-state index in [-0.39, 0.29) is 11.3 Å². The van der Waals surface area contributed by atoms with E-state index in [2.05, 4.69) is 51.5 Å². The first-order valence-electron chi connectivity index (χ1n) is 5.93. The highest BCUT2D eigenvalue weighted by molar-refractivity contribution is 9.10. The molecule has 0 aliphatic carbocycles. The molecule has 100 valence electrons. The number of thiophene rings is 1. The molecule has 3 nitrogen and oxygen atoms in total. The summed E-state index contributed by atoms with van der Waals surface area (Å²) in [7, 11) is 0. The topological polar surface area (TPSA) is 42.0 Å². The minimum absolute atomic E-state index is 0.0629. The van der Waals surface area contributed by atoms with Gasteiger partial charge in [0.05, 0.1) is 5.56 Å². The van der Waals surface area contributed by atoms with Crippen LogP contribution in [0.1, 0.15) is 29.1 Å². The highest BCUT2D eigenvalue weighted by Gasteiger charge is 2.22. The van der Waals surface area contributed by atoms with Gasteiger partial charge in [-0.1, -0.05) is 19.9 Å². The predicted molar refractivity (Wildman–Crippen MR) is 81.6 cm³/mol. The minimum atomic E-state index is -0.0929. The lowest BCUT2D eigenvalue weighted by molar-refractivity contribution is 0.0945. The second kappa shape index (κ2) is 5.84.